The molecular formula is C11H23NO2S. The van der Waals surface area contributed by atoms with E-state index in [4.69, 9.17) is 5.14 Å². The van der Waals surface area contributed by atoms with Crippen LogP contribution >= 0.6 is 0 Å². The summed E-state index contributed by atoms with van der Waals surface area (Å²) in [5.41, 5.74) is 0.337. The lowest BCUT2D eigenvalue weighted by Crippen LogP contribution is -2.36. The Balaban J connectivity index is 2.57. The average molecular weight is 233 g/mol. The molecule has 0 amide bonds. The molecule has 0 radical (unpaired) electrons. The van der Waals surface area contributed by atoms with Gasteiger partial charge in [-0.1, -0.05) is 27.2 Å². The van der Waals surface area contributed by atoms with Crippen LogP contribution in [0.2, 0.25) is 0 Å². The van der Waals surface area contributed by atoms with Gasteiger partial charge in [0.05, 0.1) is 5.25 Å². The van der Waals surface area contributed by atoms with Gasteiger partial charge in [0.15, 0.2) is 0 Å². The van der Waals surface area contributed by atoms with Crippen molar-refractivity contribution in [3.8, 4) is 0 Å². The first-order valence-corrected chi connectivity index (χ1v) is 7.40. The minimum absolute atomic E-state index is 0.290. The highest BCUT2D eigenvalue weighted by Gasteiger charge is 2.34. The molecule has 3 nitrogen and oxygen atoms in total. The quantitative estimate of drug-likeness (QED) is 0.813. The molecule has 0 bridgehead atoms. The van der Waals surface area contributed by atoms with E-state index in [-0.39, 0.29) is 5.25 Å². The zero-order valence-electron chi connectivity index (χ0n) is 9.99. The highest BCUT2D eigenvalue weighted by atomic mass is 32.2. The highest BCUT2D eigenvalue weighted by Crippen LogP contribution is 2.41. The molecule has 1 saturated carbocycles. The molecule has 0 aromatic rings. The SMILES string of the molecule is CCC(C)(C)C1CCC(S(N)(=O)=O)CC1. The van der Waals surface area contributed by atoms with Crippen LogP contribution in [0.15, 0.2) is 0 Å². The predicted molar refractivity (Wildman–Crippen MR) is 62.9 cm³/mol. The van der Waals surface area contributed by atoms with E-state index in [1.807, 2.05) is 0 Å². The Morgan fingerprint density at radius 3 is 2.00 bits per heavy atom. The molecule has 1 aliphatic carbocycles. The van der Waals surface area contributed by atoms with Gasteiger partial charge < -0.3 is 0 Å². The third-order valence-electron chi connectivity index (χ3n) is 4.16. The van der Waals surface area contributed by atoms with E-state index in [9.17, 15) is 8.42 Å². The van der Waals surface area contributed by atoms with Crippen molar-refractivity contribution in [2.75, 3.05) is 0 Å². The third kappa shape index (κ3) is 3.18. The van der Waals surface area contributed by atoms with Gasteiger partial charge in [-0.3, -0.25) is 0 Å². The van der Waals surface area contributed by atoms with Crippen molar-refractivity contribution < 1.29 is 8.42 Å². The van der Waals surface area contributed by atoms with E-state index in [1.54, 1.807) is 0 Å². The Morgan fingerprint density at radius 2 is 1.67 bits per heavy atom. The Hall–Kier alpha value is -0.0900. The normalized spacial score (nSPS) is 29.1. The maximum Gasteiger partial charge on any atom is 0.211 e. The van der Waals surface area contributed by atoms with Crippen molar-refractivity contribution in [3.63, 3.8) is 0 Å². The molecule has 2 N–H and O–H groups in total. The van der Waals surface area contributed by atoms with E-state index in [0.717, 1.165) is 32.1 Å². The first kappa shape index (κ1) is 13.0. The summed E-state index contributed by atoms with van der Waals surface area (Å²) in [6.45, 7) is 6.75. The Morgan fingerprint density at radius 1 is 1.20 bits per heavy atom. The molecular weight excluding hydrogens is 210 g/mol. The van der Waals surface area contributed by atoms with Gasteiger partial charge in [-0.25, -0.2) is 13.6 Å². The van der Waals surface area contributed by atoms with Gasteiger partial charge in [-0.15, -0.1) is 0 Å². The van der Waals surface area contributed by atoms with E-state index in [2.05, 4.69) is 20.8 Å². The fraction of sp³-hybridized carbons (Fsp3) is 1.00. The number of hydrogen-bond donors (Lipinski definition) is 1. The molecule has 0 aromatic heterocycles. The first-order valence-electron chi connectivity index (χ1n) is 5.79. The van der Waals surface area contributed by atoms with Crippen molar-refractivity contribution in [2.45, 2.75) is 58.1 Å². The van der Waals surface area contributed by atoms with E-state index >= 15 is 0 Å². The van der Waals surface area contributed by atoms with Gasteiger partial charge in [-0.05, 0) is 37.0 Å². The van der Waals surface area contributed by atoms with Crippen LogP contribution in [0.1, 0.15) is 52.9 Å². The van der Waals surface area contributed by atoms with Crippen LogP contribution in [0.5, 0.6) is 0 Å². The minimum atomic E-state index is -3.30. The van der Waals surface area contributed by atoms with Crippen molar-refractivity contribution in [1.29, 1.82) is 0 Å². The van der Waals surface area contributed by atoms with E-state index in [0.29, 0.717) is 11.3 Å². The molecule has 4 heteroatoms. The fourth-order valence-electron chi connectivity index (χ4n) is 2.46. The molecule has 1 rings (SSSR count). The fourth-order valence-corrected chi connectivity index (χ4v) is 3.39. The number of hydrogen-bond acceptors (Lipinski definition) is 2. The zero-order valence-corrected chi connectivity index (χ0v) is 10.8. The van der Waals surface area contributed by atoms with Crippen molar-refractivity contribution in [3.05, 3.63) is 0 Å². The Labute approximate surface area is 93.5 Å². The number of rotatable bonds is 3. The molecule has 1 aliphatic rings. The summed E-state index contributed by atoms with van der Waals surface area (Å²) in [7, 11) is -3.30. The molecule has 0 unspecified atom stereocenters. The summed E-state index contributed by atoms with van der Waals surface area (Å²) in [5, 5.41) is 4.88. The maximum absolute atomic E-state index is 11.2. The topological polar surface area (TPSA) is 60.2 Å². The monoisotopic (exact) mass is 233 g/mol. The van der Waals surface area contributed by atoms with Crippen LogP contribution in [0.25, 0.3) is 0 Å². The van der Waals surface area contributed by atoms with Gasteiger partial charge in [0.2, 0.25) is 10.0 Å². The largest absolute Gasteiger partial charge is 0.228 e. The minimum Gasteiger partial charge on any atom is -0.228 e. The second-order valence-corrected chi connectivity index (χ2v) is 7.25. The van der Waals surface area contributed by atoms with Crippen LogP contribution in [-0.4, -0.2) is 13.7 Å². The van der Waals surface area contributed by atoms with Gasteiger partial charge in [0.1, 0.15) is 0 Å². The number of primary sulfonamides is 1. The van der Waals surface area contributed by atoms with Crippen LogP contribution in [-0.2, 0) is 10.0 Å². The lowest BCUT2D eigenvalue weighted by atomic mass is 9.70. The summed E-state index contributed by atoms with van der Waals surface area (Å²) in [5.74, 6) is 0.653. The highest BCUT2D eigenvalue weighted by molar-refractivity contribution is 7.89. The zero-order chi connectivity index (χ0) is 11.7. The maximum atomic E-state index is 11.2. The summed E-state index contributed by atoms with van der Waals surface area (Å²) < 4.78 is 22.4. The molecule has 0 spiro atoms. The number of nitrogens with two attached hydrogens (primary N) is 1. The van der Waals surface area contributed by atoms with Crippen molar-refractivity contribution in [2.24, 2.45) is 16.5 Å². The molecule has 0 saturated heterocycles. The molecule has 1 fully saturated rings. The standard InChI is InChI=1S/C11H23NO2S/c1-4-11(2,3)9-5-7-10(8-6-9)15(12,13)14/h9-10H,4-8H2,1-3H3,(H2,12,13,14). The summed E-state index contributed by atoms with van der Waals surface area (Å²) >= 11 is 0. The molecule has 90 valence electrons. The van der Waals surface area contributed by atoms with Crippen LogP contribution in [0.3, 0.4) is 0 Å². The van der Waals surface area contributed by atoms with E-state index < -0.39 is 10.0 Å². The molecule has 0 aromatic carbocycles. The average Bonchev–Trinajstić information content (AvgIpc) is 2.17. The third-order valence-corrected chi connectivity index (χ3v) is 5.56. The predicted octanol–water partition coefficient (Wildman–Crippen LogP) is 2.27. The summed E-state index contributed by atoms with van der Waals surface area (Å²) in [6.07, 6.45) is 4.64. The van der Waals surface area contributed by atoms with Gasteiger partial charge in [-0.2, -0.15) is 0 Å². The van der Waals surface area contributed by atoms with Crippen molar-refractivity contribution in [1.82, 2.24) is 0 Å². The second-order valence-electron chi connectivity index (χ2n) is 5.40. The lowest BCUT2D eigenvalue weighted by molar-refractivity contribution is 0.153. The molecule has 0 aliphatic heterocycles. The summed E-state index contributed by atoms with van der Waals surface area (Å²) in [4.78, 5) is 0. The Kier molecular flexibility index (Phi) is 3.82. The second kappa shape index (κ2) is 4.42. The first-order chi connectivity index (χ1) is 6.77. The van der Waals surface area contributed by atoms with Gasteiger partial charge in [0.25, 0.3) is 0 Å². The summed E-state index contributed by atoms with van der Waals surface area (Å²) in [6, 6.07) is 0. The molecule has 15 heavy (non-hydrogen) atoms. The van der Waals surface area contributed by atoms with Gasteiger partial charge >= 0.3 is 0 Å². The smallest absolute Gasteiger partial charge is 0.211 e. The Bertz CT molecular complexity index is 301. The molecule has 0 atom stereocenters. The van der Waals surface area contributed by atoms with E-state index in [1.165, 1.54) is 0 Å². The molecule has 0 heterocycles. The van der Waals surface area contributed by atoms with Crippen LogP contribution in [0, 0.1) is 11.3 Å². The van der Waals surface area contributed by atoms with Crippen molar-refractivity contribution >= 4 is 10.0 Å². The lowest BCUT2D eigenvalue weighted by Gasteiger charge is -2.38. The number of sulfonamides is 1. The van der Waals surface area contributed by atoms with Crippen LogP contribution in [0.4, 0.5) is 0 Å². The van der Waals surface area contributed by atoms with Crippen LogP contribution < -0.4 is 5.14 Å². The van der Waals surface area contributed by atoms with Gasteiger partial charge in [0, 0.05) is 0 Å².